The third-order valence-electron chi connectivity index (χ3n) is 4.26. The summed E-state index contributed by atoms with van der Waals surface area (Å²) in [5.41, 5.74) is 9.42. The van der Waals surface area contributed by atoms with Gasteiger partial charge in [0.05, 0.1) is 5.56 Å². The van der Waals surface area contributed by atoms with Crippen molar-refractivity contribution >= 4 is 16.8 Å². The van der Waals surface area contributed by atoms with Crippen molar-refractivity contribution < 1.29 is 4.79 Å². The summed E-state index contributed by atoms with van der Waals surface area (Å²) in [4.78, 5) is 14.7. The monoisotopic (exact) mass is 307 g/mol. The molecule has 0 radical (unpaired) electrons. The van der Waals surface area contributed by atoms with Crippen LogP contribution in [-0.4, -0.2) is 24.5 Å². The van der Waals surface area contributed by atoms with Crippen LogP contribution in [0.4, 0.5) is 0 Å². The normalized spacial score (nSPS) is 12.4. The second-order valence-electron chi connectivity index (χ2n) is 5.73. The van der Waals surface area contributed by atoms with Gasteiger partial charge in [-0.1, -0.05) is 36.4 Å². The second kappa shape index (κ2) is 6.67. The number of amides is 1. The number of nitrogens with one attached hydrogen (secondary N) is 2. The summed E-state index contributed by atoms with van der Waals surface area (Å²) in [7, 11) is 1.96. The van der Waals surface area contributed by atoms with Crippen molar-refractivity contribution in [3.63, 3.8) is 0 Å². The van der Waals surface area contributed by atoms with Gasteiger partial charge in [0.2, 0.25) is 0 Å². The van der Waals surface area contributed by atoms with Crippen LogP contribution < -0.4 is 11.1 Å². The van der Waals surface area contributed by atoms with Crippen LogP contribution in [0.3, 0.4) is 0 Å². The average molecular weight is 307 g/mol. The number of fused-ring (bicyclic) bond motifs is 1. The summed E-state index contributed by atoms with van der Waals surface area (Å²) in [5, 5.41) is 4.11. The number of carbonyl (C=O) groups excluding carboxylic acids is 1. The highest BCUT2D eigenvalue weighted by molar-refractivity contribution is 6.06. The lowest BCUT2D eigenvalue weighted by molar-refractivity contribution is 0.100. The first kappa shape index (κ1) is 15.3. The van der Waals surface area contributed by atoms with E-state index in [0.29, 0.717) is 5.56 Å². The first-order chi connectivity index (χ1) is 11.2. The highest BCUT2D eigenvalue weighted by atomic mass is 16.1. The Morgan fingerprint density at radius 2 is 1.96 bits per heavy atom. The van der Waals surface area contributed by atoms with Crippen LogP contribution >= 0.6 is 0 Å². The number of nitrogens with two attached hydrogens (primary N) is 1. The van der Waals surface area contributed by atoms with Gasteiger partial charge >= 0.3 is 0 Å². The van der Waals surface area contributed by atoms with E-state index in [-0.39, 0.29) is 5.92 Å². The van der Waals surface area contributed by atoms with Crippen molar-refractivity contribution in [2.24, 2.45) is 5.73 Å². The predicted octanol–water partition coefficient (Wildman–Crippen LogP) is 3.01. The molecule has 0 fully saturated rings. The molecule has 1 aromatic heterocycles. The molecular weight excluding hydrogens is 286 g/mol. The molecule has 0 aliphatic heterocycles. The fourth-order valence-corrected chi connectivity index (χ4v) is 3.06. The Bertz CT molecular complexity index is 808. The van der Waals surface area contributed by atoms with Gasteiger partial charge in [0.25, 0.3) is 5.91 Å². The maximum absolute atomic E-state index is 11.6. The lowest BCUT2D eigenvalue weighted by Gasteiger charge is -2.18. The Morgan fingerprint density at radius 3 is 2.65 bits per heavy atom. The maximum Gasteiger partial charge on any atom is 0.250 e. The first-order valence-corrected chi connectivity index (χ1v) is 7.81. The van der Waals surface area contributed by atoms with E-state index in [9.17, 15) is 4.79 Å². The Labute approximate surface area is 135 Å². The van der Waals surface area contributed by atoms with Gasteiger partial charge in [-0.2, -0.15) is 0 Å². The van der Waals surface area contributed by atoms with Gasteiger partial charge in [0, 0.05) is 23.0 Å². The molecular formula is C19H21N3O. The predicted molar refractivity (Wildman–Crippen MR) is 93.6 cm³/mol. The molecule has 2 aromatic carbocycles. The van der Waals surface area contributed by atoms with Gasteiger partial charge in [-0.25, -0.2) is 0 Å². The van der Waals surface area contributed by atoms with Crippen LogP contribution in [0.15, 0.2) is 54.7 Å². The molecule has 0 saturated carbocycles. The molecule has 0 aliphatic carbocycles. The Hall–Kier alpha value is -2.59. The van der Waals surface area contributed by atoms with Crippen LogP contribution in [0.5, 0.6) is 0 Å². The molecule has 0 aliphatic rings. The number of benzene rings is 2. The van der Waals surface area contributed by atoms with E-state index < -0.39 is 5.91 Å². The van der Waals surface area contributed by atoms with Crippen LogP contribution in [0, 0.1) is 0 Å². The minimum Gasteiger partial charge on any atom is -0.366 e. The molecule has 23 heavy (non-hydrogen) atoms. The SMILES string of the molecule is CNCCC(c1ccccc1)c1ccc2[nH]cc(C(N)=O)c2c1. The van der Waals surface area contributed by atoms with E-state index in [1.165, 1.54) is 11.1 Å². The molecule has 0 bridgehead atoms. The molecule has 1 amide bonds. The number of carbonyl (C=O) groups is 1. The van der Waals surface area contributed by atoms with Gasteiger partial charge in [-0.15, -0.1) is 0 Å². The third-order valence-corrected chi connectivity index (χ3v) is 4.26. The zero-order valence-electron chi connectivity index (χ0n) is 13.2. The van der Waals surface area contributed by atoms with E-state index in [2.05, 4.69) is 46.7 Å². The van der Waals surface area contributed by atoms with E-state index in [4.69, 9.17) is 5.73 Å². The molecule has 0 saturated heterocycles. The largest absolute Gasteiger partial charge is 0.366 e. The number of aromatic amines is 1. The van der Waals surface area contributed by atoms with Gasteiger partial charge in [0.15, 0.2) is 0 Å². The van der Waals surface area contributed by atoms with E-state index in [1.807, 2.05) is 19.2 Å². The van der Waals surface area contributed by atoms with Crippen LogP contribution in [0.25, 0.3) is 10.9 Å². The molecule has 3 aromatic rings. The second-order valence-corrected chi connectivity index (χ2v) is 5.73. The Kier molecular flexibility index (Phi) is 4.44. The van der Waals surface area contributed by atoms with Crippen molar-refractivity contribution in [1.82, 2.24) is 10.3 Å². The summed E-state index contributed by atoms with van der Waals surface area (Å²) in [6.07, 6.45) is 2.67. The van der Waals surface area contributed by atoms with Crippen LogP contribution in [0.1, 0.15) is 33.8 Å². The number of aromatic nitrogens is 1. The Balaban J connectivity index is 2.06. The zero-order valence-corrected chi connectivity index (χ0v) is 13.2. The molecule has 1 atom stereocenters. The number of hydrogen-bond donors (Lipinski definition) is 3. The fourth-order valence-electron chi connectivity index (χ4n) is 3.06. The van der Waals surface area contributed by atoms with Crippen molar-refractivity contribution in [2.45, 2.75) is 12.3 Å². The van der Waals surface area contributed by atoms with E-state index >= 15 is 0 Å². The maximum atomic E-state index is 11.6. The van der Waals surface area contributed by atoms with E-state index in [0.717, 1.165) is 23.9 Å². The minimum atomic E-state index is -0.403. The van der Waals surface area contributed by atoms with Crippen molar-refractivity contribution in [1.29, 1.82) is 0 Å². The highest BCUT2D eigenvalue weighted by Gasteiger charge is 2.16. The molecule has 1 heterocycles. The Morgan fingerprint density at radius 1 is 1.17 bits per heavy atom. The van der Waals surface area contributed by atoms with Gasteiger partial charge < -0.3 is 16.0 Å². The summed E-state index contributed by atoms with van der Waals surface area (Å²) in [6, 6.07) is 16.7. The highest BCUT2D eigenvalue weighted by Crippen LogP contribution is 2.30. The number of primary amides is 1. The molecule has 4 nitrogen and oxygen atoms in total. The minimum absolute atomic E-state index is 0.281. The molecule has 3 rings (SSSR count). The van der Waals surface area contributed by atoms with Crippen LogP contribution in [0.2, 0.25) is 0 Å². The smallest absolute Gasteiger partial charge is 0.250 e. The fraction of sp³-hybridized carbons (Fsp3) is 0.211. The van der Waals surface area contributed by atoms with Crippen molar-refractivity contribution in [3.05, 3.63) is 71.4 Å². The molecule has 4 heteroatoms. The van der Waals surface area contributed by atoms with Gasteiger partial charge in [-0.3, -0.25) is 4.79 Å². The zero-order chi connectivity index (χ0) is 16.2. The lowest BCUT2D eigenvalue weighted by Crippen LogP contribution is -2.13. The van der Waals surface area contributed by atoms with Gasteiger partial charge in [0.1, 0.15) is 0 Å². The summed E-state index contributed by atoms with van der Waals surface area (Å²) < 4.78 is 0. The number of H-pyrrole nitrogens is 1. The lowest BCUT2D eigenvalue weighted by atomic mass is 9.87. The summed E-state index contributed by atoms with van der Waals surface area (Å²) in [5.74, 6) is -0.122. The average Bonchev–Trinajstić information content (AvgIpc) is 3.00. The van der Waals surface area contributed by atoms with Crippen LogP contribution in [-0.2, 0) is 0 Å². The topological polar surface area (TPSA) is 70.9 Å². The summed E-state index contributed by atoms with van der Waals surface area (Å²) >= 11 is 0. The van der Waals surface area contributed by atoms with Gasteiger partial charge in [-0.05, 0) is 43.3 Å². The molecule has 118 valence electrons. The number of rotatable bonds is 6. The molecule has 4 N–H and O–H groups in total. The standard InChI is InChI=1S/C19H21N3O/c1-21-10-9-15(13-5-3-2-4-6-13)14-7-8-18-16(11-14)17(12-22-18)19(20)23/h2-8,11-12,15,21-22H,9-10H2,1H3,(H2,20,23). The van der Waals surface area contributed by atoms with Crippen molar-refractivity contribution in [3.8, 4) is 0 Å². The third kappa shape index (κ3) is 3.12. The first-order valence-electron chi connectivity index (χ1n) is 7.81. The van der Waals surface area contributed by atoms with Crippen molar-refractivity contribution in [2.75, 3.05) is 13.6 Å². The quantitative estimate of drug-likeness (QED) is 0.655. The molecule has 1 unspecified atom stereocenters. The van der Waals surface area contributed by atoms with E-state index in [1.54, 1.807) is 6.20 Å². The number of hydrogen-bond acceptors (Lipinski definition) is 2. The molecule has 0 spiro atoms. The summed E-state index contributed by atoms with van der Waals surface area (Å²) in [6.45, 7) is 0.924.